The average Bonchev–Trinajstić information content (AvgIpc) is 3.69. The van der Waals surface area contributed by atoms with Gasteiger partial charge in [-0.1, -0.05) is 52.0 Å². The predicted molar refractivity (Wildman–Crippen MR) is 189 cm³/mol. The van der Waals surface area contributed by atoms with Crippen molar-refractivity contribution < 1.29 is 23.9 Å². The first kappa shape index (κ1) is 34.2. The van der Waals surface area contributed by atoms with Gasteiger partial charge in [0.2, 0.25) is 5.82 Å². The molecule has 2 aliphatic carbocycles. The third-order valence-corrected chi connectivity index (χ3v) is 9.84. The highest BCUT2D eigenvalue weighted by atomic mass is 16.5. The molecule has 14 heteroatoms. The molecular formula is C37H43N9O5. The summed E-state index contributed by atoms with van der Waals surface area (Å²) in [5.41, 5.74) is 0.675. The van der Waals surface area contributed by atoms with E-state index in [2.05, 4.69) is 47.9 Å². The number of urea groups is 1. The first-order valence-corrected chi connectivity index (χ1v) is 17.2. The third-order valence-electron chi connectivity index (χ3n) is 9.84. The lowest BCUT2D eigenvalue weighted by Crippen LogP contribution is -2.53. The van der Waals surface area contributed by atoms with Gasteiger partial charge >= 0.3 is 6.03 Å². The Morgan fingerprint density at radius 2 is 1.86 bits per heavy atom. The molecule has 266 valence electrons. The van der Waals surface area contributed by atoms with Gasteiger partial charge in [-0.3, -0.25) is 24.2 Å². The minimum Gasteiger partial charge on any atom is -0.480 e. The van der Waals surface area contributed by atoms with Gasteiger partial charge in [-0.05, 0) is 42.7 Å². The van der Waals surface area contributed by atoms with Gasteiger partial charge in [0.1, 0.15) is 29.0 Å². The number of ether oxygens (including phenoxy) is 2. The second kappa shape index (κ2) is 13.2. The van der Waals surface area contributed by atoms with Crippen molar-refractivity contribution >= 4 is 29.7 Å². The lowest BCUT2D eigenvalue weighted by Gasteiger charge is -2.38. The number of methoxy groups -OCH3 is 1. The number of fused-ring (bicyclic) bond motifs is 2. The Kier molecular flexibility index (Phi) is 8.84. The number of rotatable bonds is 11. The molecule has 0 bridgehead atoms. The van der Waals surface area contributed by atoms with Crippen LogP contribution in [-0.2, 0) is 25.9 Å². The number of amides is 3. The van der Waals surface area contributed by atoms with Crippen LogP contribution in [0.5, 0.6) is 5.75 Å². The van der Waals surface area contributed by atoms with Gasteiger partial charge in [0.15, 0.2) is 11.9 Å². The Morgan fingerprint density at radius 1 is 1.08 bits per heavy atom. The summed E-state index contributed by atoms with van der Waals surface area (Å²) in [6.07, 6.45) is 7.79. The fourth-order valence-electron chi connectivity index (χ4n) is 6.40. The summed E-state index contributed by atoms with van der Waals surface area (Å²) in [7, 11) is 1.69. The molecule has 51 heavy (non-hydrogen) atoms. The Bertz CT molecular complexity index is 2010. The van der Waals surface area contributed by atoms with Crippen LogP contribution in [0.15, 0.2) is 60.8 Å². The molecule has 14 nitrogen and oxygen atoms in total. The average molecular weight is 694 g/mol. The van der Waals surface area contributed by atoms with Crippen LogP contribution in [-0.4, -0.2) is 87.1 Å². The van der Waals surface area contributed by atoms with Crippen LogP contribution in [0.4, 0.5) is 10.6 Å². The number of likely N-dealkylation sites (tertiary alicyclic amines) is 1. The van der Waals surface area contributed by atoms with E-state index in [0.717, 1.165) is 43.0 Å². The molecule has 3 aliphatic rings. The fourth-order valence-corrected chi connectivity index (χ4v) is 6.40. The molecule has 2 fully saturated rings. The highest BCUT2D eigenvalue weighted by Crippen LogP contribution is 2.47. The van der Waals surface area contributed by atoms with Crippen molar-refractivity contribution in [3.05, 3.63) is 89.3 Å². The lowest BCUT2D eigenvalue weighted by molar-refractivity contribution is -0.111. The number of benzene rings is 1. The first-order chi connectivity index (χ1) is 24.4. The van der Waals surface area contributed by atoms with Gasteiger partial charge in [-0.15, -0.1) is 10.2 Å². The van der Waals surface area contributed by atoms with Gasteiger partial charge in [0.05, 0.1) is 18.0 Å². The van der Waals surface area contributed by atoms with E-state index in [1.54, 1.807) is 31.4 Å². The zero-order chi connectivity index (χ0) is 36.0. The molecule has 1 aromatic carbocycles. The summed E-state index contributed by atoms with van der Waals surface area (Å²) in [5.74, 6) is 1.14. The Hall–Kier alpha value is -5.21. The monoisotopic (exact) mass is 693 g/mol. The molecule has 0 unspecified atom stereocenters. The maximum atomic E-state index is 13.6. The van der Waals surface area contributed by atoms with E-state index >= 15 is 0 Å². The fraction of sp³-hybridized carbons (Fsp3) is 0.432. The van der Waals surface area contributed by atoms with Crippen molar-refractivity contribution in [2.24, 2.45) is 0 Å². The topological polar surface area (TPSA) is 165 Å². The highest BCUT2D eigenvalue weighted by molar-refractivity contribution is 5.94. The Morgan fingerprint density at radius 3 is 2.59 bits per heavy atom. The summed E-state index contributed by atoms with van der Waals surface area (Å²) in [4.78, 5) is 50.6. The van der Waals surface area contributed by atoms with E-state index in [1.807, 2.05) is 61.7 Å². The molecule has 4 aromatic rings. The molecule has 1 saturated heterocycles. The molecule has 1 aliphatic heterocycles. The number of aldehydes is 1. The quantitative estimate of drug-likeness (QED) is 0.155. The van der Waals surface area contributed by atoms with Crippen LogP contribution in [0, 0.1) is 0 Å². The van der Waals surface area contributed by atoms with Crippen LogP contribution < -0.4 is 20.7 Å². The molecule has 3 N–H and O–H groups in total. The normalized spacial score (nSPS) is 21.0. The number of carbonyl (C=O) groups excluding carboxylic acids is 3. The van der Waals surface area contributed by atoms with Crippen LogP contribution in [0.2, 0.25) is 0 Å². The summed E-state index contributed by atoms with van der Waals surface area (Å²) in [6, 6.07) is 12.0. The minimum atomic E-state index is -1.49. The number of hydrogen-bond donors (Lipinski definition) is 3. The summed E-state index contributed by atoms with van der Waals surface area (Å²) >= 11 is 0. The standard InChI is InChI=1S/C37H43N9O5/c1-35(2,3)28-18-29(40-31(39-28)32(48)38-16-17-45-19-24(20-45)50-5)41-34(49)42-37(22-47)13-12-27(25-8-6-7-9-26(25)37)51-23-10-11-30-43-44-33(46(30)21-23)36(4)14-15-36/h6-13,18,21-22,24,27H,14-17,19-20H2,1-5H3,(H,38,48)(H2,39,40,41,42,49)/t27-,37-/m1/s1. The van der Waals surface area contributed by atoms with Crippen molar-refractivity contribution in [3.63, 3.8) is 0 Å². The number of anilines is 1. The summed E-state index contributed by atoms with van der Waals surface area (Å²) in [5, 5.41) is 17.2. The number of hydrogen-bond acceptors (Lipinski definition) is 10. The maximum absolute atomic E-state index is 13.6. The van der Waals surface area contributed by atoms with Gasteiger partial charge in [0.25, 0.3) is 5.91 Å². The summed E-state index contributed by atoms with van der Waals surface area (Å²) in [6.45, 7) is 10.8. The van der Waals surface area contributed by atoms with Crippen LogP contribution in [0.3, 0.4) is 0 Å². The van der Waals surface area contributed by atoms with Gasteiger partial charge < -0.3 is 20.1 Å². The summed E-state index contributed by atoms with van der Waals surface area (Å²) < 4.78 is 13.7. The van der Waals surface area contributed by atoms with Crippen LogP contribution in [0.1, 0.15) is 79.9 Å². The second-order valence-corrected chi connectivity index (χ2v) is 14.8. The number of carbonyl (C=O) groups is 3. The highest BCUT2D eigenvalue weighted by Gasteiger charge is 2.43. The molecular weight excluding hydrogens is 650 g/mol. The van der Waals surface area contributed by atoms with Crippen molar-refractivity contribution in [1.29, 1.82) is 0 Å². The van der Waals surface area contributed by atoms with E-state index in [-0.39, 0.29) is 23.2 Å². The smallest absolute Gasteiger partial charge is 0.321 e. The number of nitrogens with zero attached hydrogens (tertiary/aromatic N) is 6. The van der Waals surface area contributed by atoms with Gasteiger partial charge in [-0.25, -0.2) is 14.8 Å². The second-order valence-electron chi connectivity index (χ2n) is 14.8. The number of nitrogens with one attached hydrogen (secondary N) is 3. The van der Waals surface area contributed by atoms with Crippen LogP contribution >= 0.6 is 0 Å². The number of pyridine rings is 1. The van der Waals surface area contributed by atoms with Crippen molar-refractivity contribution in [3.8, 4) is 5.75 Å². The molecule has 4 heterocycles. The first-order valence-electron chi connectivity index (χ1n) is 17.2. The largest absolute Gasteiger partial charge is 0.480 e. The minimum absolute atomic E-state index is 0.0158. The molecule has 0 radical (unpaired) electrons. The zero-order valence-electron chi connectivity index (χ0n) is 29.5. The van der Waals surface area contributed by atoms with E-state index in [0.29, 0.717) is 36.4 Å². The predicted octanol–water partition coefficient (Wildman–Crippen LogP) is 3.83. The Balaban J connectivity index is 1.07. The maximum Gasteiger partial charge on any atom is 0.321 e. The molecule has 3 amide bonds. The van der Waals surface area contributed by atoms with Gasteiger partial charge in [-0.2, -0.15) is 0 Å². The van der Waals surface area contributed by atoms with Gasteiger partial charge in [0, 0.05) is 55.7 Å². The van der Waals surface area contributed by atoms with Crippen molar-refractivity contribution in [1.82, 2.24) is 40.1 Å². The zero-order valence-corrected chi connectivity index (χ0v) is 29.5. The van der Waals surface area contributed by atoms with Crippen LogP contribution in [0.25, 0.3) is 5.65 Å². The molecule has 1 saturated carbocycles. The van der Waals surface area contributed by atoms with E-state index < -0.39 is 29.0 Å². The van der Waals surface area contributed by atoms with E-state index in [9.17, 15) is 14.4 Å². The van der Waals surface area contributed by atoms with Crippen molar-refractivity contribution in [2.45, 2.75) is 69.1 Å². The molecule has 3 aromatic heterocycles. The number of aromatic nitrogens is 5. The van der Waals surface area contributed by atoms with Crippen molar-refractivity contribution in [2.75, 3.05) is 38.6 Å². The molecule has 0 spiro atoms. The lowest BCUT2D eigenvalue weighted by atomic mass is 9.81. The van der Waals surface area contributed by atoms with E-state index in [4.69, 9.17) is 9.47 Å². The molecule has 7 rings (SSSR count). The van der Waals surface area contributed by atoms with E-state index in [1.165, 1.54) is 0 Å². The third kappa shape index (κ3) is 6.93. The Labute approximate surface area is 296 Å². The molecule has 2 atom stereocenters. The SMILES string of the molecule is COC1CN(CCNC(=O)c2nc(NC(=O)N[C@@]3(C=O)C=C[C@@H](Oc4ccc5nnc(C6(C)CC6)n5c4)c4ccccc43)cc(C(C)(C)C)n2)C1.